The van der Waals surface area contributed by atoms with Crippen LogP contribution in [0.3, 0.4) is 0 Å². The molecule has 28 heavy (non-hydrogen) atoms. The molecule has 0 fully saturated rings. The van der Waals surface area contributed by atoms with Crippen LogP contribution in [0.1, 0.15) is 25.8 Å². The Labute approximate surface area is 164 Å². The van der Waals surface area contributed by atoms with E-state index in [-0.39, 0.29) is 11.9 Å². The molecule has 1 atom stereocenters. The van der Waals surface area contributed by atoms with Gasteiger partial charge in [0.05, 0.1) is 5.92 Å². The summed E-state index contributed by atoms with van der Waals surface area (Å²) in [5.74, 6) is -0.0888. The molecule has 1 unspecified atom stereocenters. The predicted molar refractivity (Wildman–Crippen MR) is 110 cm³/mol. The molecule has 3 rings (SSSR count). The molecule has 0 N–H and O–H groups in total. The van der Waals surface area contributed by atoms with Crippen LogP contribution in [-0.4, -0.2) is 11.9 Å². The molecule has 0 saturated carbocycles. The Morgan fingerprint density at radius 2 is 1.54 bits per heavy atom. The molecule has 3 aromatic carbocycles. The van der Waals surface area contributed by atoms with Gasteiger partial charge in [-0.05, 0) is 59.2 Å². The van der Waals surface area contributed by atoms with E-state index in [0.717, 1.165) is 22.8 Å². The van der Waals surface area contributed by atoms with E-state index in [2.05, 4.69) is 0 Å². The maximum atomic E-state index is 12.0. The van der Waals surface area contributed by atoms with E-state index in [9.17, 15) is 9.59 Å². The number of carbonyl (C=O) groups excluding carboxylic acids is 2. The molecule has 3 aromatic rings. The van der Waals surface area contributed by atoms with Gasteiger partial charge in [0.25, 0.3) is 0 Å². The van der Waals surface area contributed by atoms with Crippen LogP contribution >= 0.6 is 0 Å². The van der Waals surface area contributed by atoms with Gasteiger partial charge in [0, 0.05) is 6.08 Å². The fourth-order valence-electron chi connectivity index (χ4n) is 2.59. The second kappa shape index (κ2) is 9.00. The molecule has 0 heterocycles. The second-order valence-corrected chi connectivity index (χ2v) is 6.56. The van der Waals surface area contributed by atoms with Crippen molar-refractivity contribution in [2.75, 3.05) is 0 Å². The number of rotatable bonds is 6. The fraction of sp³-hybridized carbons (Fsp3) is 0.167. The molecule has 0 bridgehead atoms. The highest BCUT2D eigenvalue weighted by Crippen LogP contribution is 2.20. The number of ether oxygens (including phenoxy) is 2. The molecule has 0 amide bonds. The van der Waals surface area contributed by atoms with E-state index in [4.69, 9.17) is 9.47 Å². The van der Waals surface area contributed by atoms with Gasteiger partial charge in [0.15, 0.2) is 0 Å². The number of hydrogen-bond donors (Lipinski definition) is 0. The molecule has 0 spiro atoms. The molecular formula is C24H22O4. The summed E-state index contributed by atoms with van der Waals surface area (Å²) in [5, 5.41) is 2.26. The lowest BCUT2D eigenvalue weighted by molar-refractivity contribution is -0.138. The van der Waals surface area contributed by atoms with Crippen LogP contribution < -0.4 is 9.47 Å². The second-order valence-electron chi connectivity index (χ2n) is 6.56. The minimum atomic E-state index is -0.475. The van der Waals surface area contributed by atoms with Crippen LogP contribution in [-0.2, 0) is 9.59 Å². The summed E-state index contributed by atoms with van der Waals surface area (Å²) in [4.78, 5) is 23.8. The van der Waals surface area contributed by atoms with Gasteiger partial charge in [-0.2, -0.15) is 0 Å². The highest BCUT2D eigenvalue weighted by molar-refractivity contribution is 5.90. The van der Waals surface area contributed by atoms with Gasteiger partial charge < -0.3 is 9.47 Å². The maximum Gasteiger partial charge on any atom is 0.336 e. The quantitative estimate of drug-likeness (QED) is 0.329. The Morgan fingerprint density at radius 1 is 0.893 bits per heavy atom. The standard InChI is InChI=1S/C24H22O4/c1-3-17(2)24(26)28-22-13-11-21(12-14-22)27-23(25)15-9-18-8-10-19-6-4-5-7-20(19)16-18/h4-17H,3H2,1-2H3/b15-9+. The van der Waals surface area contributed by atoms with Crippen molar-refractivity contribution >= 4 is 28.8 Å². The lowest BCUT2D eigenvalue weighted by atomic mass is 10.1. The van der Waals surface area contributed by atoms with Gasteiger partial charge in [-0.25, -0.2) is 4.79 Å². The smallest absolute Gasteiger partial charge is 0.336 e. The largest absolute Gasteiger partial charge is 0.426 e. The Bertz CT molecular complexity index is 1000. The van der Waals surface area contributed by atoms with Crippen molar-refractivity contribution in [3.05, 3.63) is 78.4 Å². The average Bonchev–Trinajstić information content (AvgIpc) is 2.72. The molecule has 4 nitrogen and oxygen atoms in total. The van der Waals surface area contributed by atoms with Gasteiger partial charge in [-0.3, -0.25) is 4.79 Å². The summed E-state index contributed by atoms with van der Waals surface area (Å²) in [6.45, 7) is 3.75. The lowest BCUT2D eigenvalue weighted by Crippen LogP contribution is -2.16. The Morgan fingerprint density at radius 3 is 2.21 bits per heavy atom. The van der Waals surface area contributed by atoms with Crippen LogP contribution in [0.4, 0.5) is 0 Å². The van der Waals surface area contributed by atoms with Gasteiger partial charge >= 0.3 is 11.9 Å². The normalized spacial score (nSPS) is 12.1. The Hall–Kier alpha value is -3.40. The number of esters is 2. The zero-order chi connectivity index (χ0) is 19.9. The lowest BCUT2D eigenvalue weighted by Gasteiger charge is -2.09. The summed E-state index contributed by atoms with van der Waals surface area (Å²) >= 11 is 0. The summed E-state index contributed by atoms with van der Waals surface area (Å²) in [6.07, 6.45) is 3.83. The van der Waals surface area contributed by atoms with Crippen molar-refractivity contribution in [1.29, 1.82) is 0 Å². The summed E-state index contributed by atoms with van der Waals surface area (Å²) in [7, 11) is 0. The van der Waals surface area contributed by atoms with Crippen molar-refractivity contribution in [2.45, 2.75) is 20.3 Å². The van der Waals surface area contributed by atoms with E-state index in [1.165, 1.54) is 6.08 Å². The predicted octanol–water partition coefficient (Wildman–Crippen LogP) is 5.41. The average molecular weight is 374 g/mol. The van der Waals surface area contributed by atoms with Gasteiger partial charge in [-0.15, -0.1) is 0 Å². The first kappa shape index (κ1) is 19.4. The fourth-order valence-corrected chi connectivity index (χ4v) is 2.59. The molecule has 0 aliphatic heterocycles. The Balaban J connectivity index is 1.59. The Kier molecular flexibility index (Phi) is 6.22. The maximum absolute atomic E-state index is 12.0. The zero-order valence-corrected chi connectivity index (χ0v) is 15.9. The van der Waals surface area contributed by atoms with Crippen LogP contribution in [0.2, 0.25) is 0 Å². The summed E-state index contributed by atoms with van der Waals surface area (Å²) < 4.78 is 10.6. The first-order chi connectivity index (χ1) is 13.5. The van der Waals surface area contributed by atoms with Crippen LogP contribution in [0, 0.1) is 5.92 Å². The monoisotopic (exact) mass is 374 g/mol. The van der Waals surface area contributed by atoms with Gasteiger partial charge in [0.2, 0.25) is 0 Å². The molecule has 0 radical (unpaired) electrons. The molecule has 4 heteroatoms. The number of fused-ring (bicyclic) bond motifs is 1. The van der Waals surface area contributed by atoms with E-state index in [1.807, 2.05) is 56.3 Å². The molecular weight excluding hydrogens is 352 g/mol. The van der Waals surface area contributed by atoms with Gasteiger partial charge in [0.1, 0.15) is 11.5 Å². The molecule has 0 saturated heterocycles. The van der Waals surface area contributed by atoms with Crippen LogP contribution in [0.25, 0.3) is 16.8 Å². The molecule has 142 valence electrons. The van der Waals surface area contributed by atoms with Crippen molar-refractivity contribution in [3.8, 4) is 11.5 Å². The first-order valence-corrected chi connectivity index (χ1v) is 9.25. The highest BCUT2D eigenvalue weighted by Gasteiger charge is 2.13. The van der Waals surface area contributed by atoms with Crippen molar-refractivity contribution in [1.82, 2.24) is 0 Å². The van der Waals surface area contributed by atoms with Crippen LogP contribution in [0.5, 0.6) is 11.5 Å². The van der Waals surface area contributed by atoms with E-state index < -0.39 is 5.97 Å². The van der Waals surface area contributed by atoms with Crippen molar-refractivity contribution in [2.24, 2.45) is 5.92 Å². The van der Waals surface area contributed by atoms with E-state index in [0.29, 0.717) is 11.5 Å². The number of benzene rings is 3. The third-order valence-electron chi connectivity index (χ3n) is 4.46. The SMILES string of the molecule is CCC(C)C(=O)Oc1ccc(OC(=O)/C=C/c2ccc3ccccc3c2)cc1. The highest BCUT2D eigenvalue weighted by atomic mass is 16.5. The van der Waals surface area contributed by atoms with Crippen LogP contribution in [0.15, 0.2) is 72.8 Å². The zero-order valence-electron chi connectivity index (χ0n) is 15.9. The topological polar surface area (TPSA) is 52.6 Å². The summed E-state index contributed by atoms with van der Waals surface area (Å²) in [6, 6.07) is 20.4. The molecule has 0 aliphatic rings. The van der Waals surface area contributed by atoms with Crippen molar-refractivity contribution < 1.29 is 19.1 Å². The van der Waals surface area contributed by atoms with Crippen molar-refractivity contribution in [3.63, 3.8) is 0 Å². The number of carbonyl (C=O) groups is 2. The third kappa shape index (κ3) is 5.07. The molecule has 0 aliphatic carbocycles. The third-order valence-corrected chi connectivity index (χ3v) is 4.46. The molecule has 0 aromatic heterocycles. The first-order valence-electron chi connectivity index (χ1n) is 9.25. The number of hydrogen-bond acceptors (Lipinski definition) is 4. The van der Waals surface area contributed by atoms with Gasteiger partial charge in [-0.1, -0.05) is 50.2 Å². The van der Waals surface area contributed by atoms with E-state index >= 15 is 0 Å². The summed E-state index contributed by atoms with van der Waals surface area (Å²) in [5.41, 5.74) is 0.919. The minimum absolute atomic E-state index is 0.155. The minimum Gasteiger partial charge on any atom is -0.426 e. The van der Waals surface area contributed by atoms with E-state index in [1.54, 1.807) is 30.3 Å².